The maximum atomic E-state index is 11.3. The molecule has 1 fully saturated rings. The third-order valence-corrected chi connectivity index (χ3v) is 3.64. The van der Waals surface area contributed by atoms with Crippen LogP contribution in [0.15, 0.2) is 22.7 Å². The number of aliphatic carboxylic acids is 1. The number of carboxylic acids is 1. The molecule has 1 aromatic carbocycles. The molecule has 7 heteroatoms. The van der Waals surface area contributed by atoms with Crippen molar-refractivity contribution in [2.75, 3.05) is 11.9 Å². The molecule has 108 valence electrons. The number of benzene rings is 1. The minimum Gasteiger partial charge on any atom is -0.479 e. The lowest BCUT2D eigenvalue weighted by Gasteiger charge is -2.15. The molecule has 1 amide bonds. The molecule has 2 atom stereocenters. The number of rotatable bonds is 5. The second-order valence-electron chi connectivity index (χ2n) is 4.60. The van der Waals surface area contributed by atoms with E-state index in [-0.39, 0.29) is 6.10 Å². The van der Waals surface area contributed by atoms with E-state index in [0.29, 0.717) is 30.6 Å². The maximum absolute atomic E-state index is 11.3. The number of nitrogens with one attached hydrogen (secondary N) is 1. The van der Waals surface area contributed by atoms with Crippen LogP contribution >= 0.6 is 15.9 Å². The van der Waals surface area contributed by atoms with Crippen molar-refractivity contribution in [3.8, 4) is 0 Å². The second kappa shape index (κ2) is 6.23. The Morgan fingerprint density at radius 1 is 1.45 bits per heavy atom. The van der Waals surface area contributed by atoms with E-state index in [0.717, 1.165) is 4.47 Å². The summed E-state index contributed by atoms with van der Waals surface area (Å²) in [4.78, 5) is 22.1. The quantitative estimate of drug-likeness (QED) is 0.754. The SMILES string of the molecule is NC(=O)c1ccc(Br)cc1NCC1CCC(C(=O)O)O1. The molecule has 1 aliphatic heterocycles. The molecule has 0 aromatic heterocycles. The molecule has 0 saturated carbocycles. The lowest BCUT2D eigenvalue weighted by atomic mass is 10.1. The molecule has 20 heavy (non-hydrogen) atoms. The van der Waals surface area contributed by atoms with Crippen LogP contribution in [0.4, 0.5) is 5.69 Å². The van der Waals surface area contributed by atoms with Crippen LogP contribution in [0.25, 0.3) is 0 Å². The van der Waals surface area contributed by atoms with Crippen LogP contribution in [0.3, 0.4) is 0 Å². The summed E-state index contributed by atoms with van der Waals surface area (Å²) in [5, 5.41) is 11.9. The number of primary amides is 1. The minimum atomic E-state index is -0.937. The van der Waals surface area contributed by atoms with Crippen LogP contribution in [0.1, 0.15) is 23.2 Å². The Hall–Kier alpha value is -1.60. The van der Waals surface area contributed by atoms with E-state index in [1.807, 2.05) is 0 Å². The average molecular weight is 343 g/mol. The van der Waals surface area contributed by atoms with Gasteiger partial charge < -0.3 is 20.9 Å². The van der Waals surface area contributed by atoms with Gasteiger partial charge in [-0.25, -0.2) is 4.79 Å². The van der Waals surface area contributed by atoms with Crippen LogP contribution in [0.5, 0.6) is 0 Å². The van der Waals surface area contributed by atoms with Crippen molar-refractivity contribution in [1.29, 1.82) is 0 Å². The van der Waals surface area contributed by atoms with Gasteiger partial charge in [-0.05, 0) is 31.0 Å². The van der Waals surface area contributed by atoms with E-state index >= 15 is 0 Å². The topological polar surface area (TPSA) is 102 Å². The van der Waals surface area contributed by atoms with Gasteiger partial charge in [0.2, 0.25) is 0 Å². The van der Waals surface area contributed by atoms with Crippen LogP contribution in [-0.4, -0.2) is 35.7 Å². The predicted molar refractivity (Wildman–Crippen MR) is 76.7 cm³/mol. The summed E-state index contributed by atoms with van der Waals surface area (Å²) >= 11 is 3.33. The van der Waals surface area contributed by atoms with Crippen LogP contribution < -0.4 is 11.1 Å². The standard InChI is InChI=1S/C13H15BrN2O4/c14-7-1-3-9(12(15)17)10(5-7)16-6-8-2-4-11(20-8)13(18)19/h1,3,5,8,11,16H,2,4,6H2,(H2,15,17)(H,18,19). The van der Waals surface area contributed by atoms with Crippen molar-refractivity contribution in [2.45, 2.75) is 25.0 Å². The zero-order valence-electron chi connectivity index (χ0n) is 10.6. The third kappa shape index (κ3) is 3.49. The summed E-state index contributed by atoms with van der Waals surface area (Å²) in [5.74, 6) is -1.46. The highest BCUT2D eigenvalue weighted by Crippen LogP contribution is 2.24. The third-order valence-electron chi connectivity index (χ3n) is 3.15. The zero-order valence-corrected chi connectivity index (χ0v) is 12.2. The van der Waals surface area contributed by atoms with Crippen molar-refractivity contribution in [3.63, 3.8) is 0 Å². The smallest absolute Gasteiger partial charge is 0.332 e. The zero-order chi connectivity index (χ0) is 14.7. The summed E-state index contributed by atoms with van der Waals surface area (Å²) in [7, 11) is 0. The van der Waals surface area contributed by atoms with Crippen LogP contribution in [-0.2, 0) is 9.53 Å². The second-order valence-corrected chi connectivity index (χ2v) is 5.51. The van der Waals surface area contributed by atoms with Gasteiger partial charge in [0.25, 0.3) is 5.91 Å². The van der Waals surface area contributed by atoms with E-state index < -0.39 is 18.0 Å². The van der Waals surface area contributed by atoms with Gasteiger partial charge in [-0.15, -0.1) is 0 Å². The summed E-state index contributed by atoms with van der Waals surface area (Å²) in [6.07, 6.45) is 0.253. The molecule has 1 heterocycles. The van der Waals surface area contributed by atoms with Gasteiger partial charge in [-0.2, -0.15) is 0 Å². The molecule has 0 bridgehead atoms. The molecule has 4 N–H and O–H groups in total. The van der Waals surface area contributed by atoms with Crippen molar-refractivity contribution < 1.29 is 19.4 Å². The Kier molecular flexibility index (Phi) is 4.61. The van der Waals surface area contributed by atoms with Crippen molar-refractivity contribution in [3.05, 3.63) is 28.2 Å². The van der Waals surface area contributed by atoms with Crippen molar-refractivity contribution in [2.24, 2.45) is 5.73 Å². The molecule has 1 saturated heterocycles. The van der Waals surface area contributed by atoms with Gasteiger partial charge >= 0.3 is 5.97 Å². The molecular formula is C13H15BrN2O4. The molecule has 2 unspecified atom stereocenters. The number of carbonyl (C=O) groups is 2. The Morgan fingerprint density at radius 2 is 2.20 bits per heavy atom. The molecule has 6 nitrogen and oxygen atoms in total. The first-order chi connectivity index (χ1) is 9.47. The molecule has 1 aromatic rings. The fourth-order valence-corrected chi connectivity index (χ4v) is 2.50. The maximum Gasteiger partial charge on any atom is 0.332 e. The summed E-state index contributed by atoms with van der Waals surface area (Å²) in [5.41, 5.74) is 6.30. The molecule has 1 aliphatic rings. The number of nitrogens with two attached hydrogens (primary N) is 1. The first-order valence-corrected chi connectivity index (χ1v) is 6.98. The number of carbonyl (C=O) groups excluding carboxylic acids is 1. The summed E-state index contributed by atoms with van der Waals surface area (Å²) in [6.45, 7) is 0.431. The fraction of sp³-hybridized carbons (Fsp3) is 0.385. The van der Waals surface area contributed by atoms with E-state index in [9.17, 15) is 9.59 Å². The molecule has 0 radical (unpaired) electrons. The Labute approximate surface area is 124 Å². The highest BCUT2D eigenvalue weighted by molar-refractivity contribution is 9.10. The number of amides is 1. The molecule has 2 rings (SSSR count). The lowest BCUT2D eigenvalue weighted by Crippen LogP contribution is -2.25. The van der Waals surface area contributed by atoms with E-state index in [1.54, 1.807) is 18.2 Å². The van der Waals surface area contributed by atoms with Crippen LogP contribution in [0, 0.1) is 0 Å². The Morgan fingerprint density at radius 3 is 2.80 bits per heavy atom. The first-order valence-electron chi connectivity index (χ1n) is 6.19. The fourth-order valence-electron chi connectivity index (χ4n) is 2.14. The average Bonchev–Trinajstić information content (AvgIpc) is 2.85. The minimum absolute atomic E-state index is 0.184. The van der Waals surface area contributed by atoms with E-state index in [2.05, 4.69) is 21.2 Å². The highest BCUT2D eigenvalue weighted by Gasteiger charge is 2.30. The molecular weight excluding hydrogens is 328 g/mol. The van der Waals surface area contributed by atoms with Gasteiger partial charge in [0.05, 0.1) is 11.7 Å². The monoisotopic (exact) mass is 342 g/mol. The Balaban J connectivity index is 1.99. The van der Waals surface area contributed by atoms with Gasteiger partial charge in [0.1, 0.15) is 0 Å². The van der Waals surface area contributed by atoms with Gasteiger partial charge in [0.15, 0.2) is 6.10 Å². The Bertz CT molecular complexity index is 535. The summed E-state index contributed by atoms with van der Waals surface area (Å²) in [6, 6.07) is 5.12. The normalized spacial score (nSPS) is 21.6. The molecule has 0 aliphatic carbocycles. The van der Waals surface area contributed by atoms with E-state index in [4.69, 9.17) is 15.6 Å². The first kappa shape index (κ1) is 14.8. The van der Waals surface area contributed by atoms with Gasteiger partial charge in [0, 0.05) is 16.7 Å². The van der Waals surface area contributed by atoms with Gasteiger partial charge in [-0.3, -0.25) is 4.79 Å². The van der Waals surface area contributed by atoms with Crippen molar-refractivity contribution >= 4 is 33.5 Å². The lowest BCUT2D eigenvalue weighted by molar-refractivity contribution is -0.149. The highest BCUT2D eigenvalue weighted by atomic mass is 79.9. The van der Waals surface area contributed by atoms with Gasteiger partial charge in [-0.1, -0.05) is 15.9 Å². The number of hydrogen-bond donors (Lipinski definition) is 3. The molecule has 0 spiro atoms. The van der Waals surface area contributed by atoms with E-state index in [1.165, 1.54) is 0 Å². The van der Waals surface area contributed by atoms with Crippen molar-refractivity contribution in [1.82, 2.24) is 0 Å². The predicted octanol–water partition coefficient (Wildman–Crippen LogP) is 1.59. The number of anilines is 1. The number of carboxylic acid groups (broad SMARTS) is 1. The van der Waals surface area contributed by atoms with Crippen LogP contribution in [0.2, 0.25) is 0 Å². The largest absolute Gasteiger partial charge is 0.479 e. The number of halogens is 1. The number of ether oxygens (including phenoxy) is 1. The summed E-state index contributed by atoms with van der Waals surface area (Å²) < 4.78 is 6.21. The number of hydrogen-bond acceptors (Lipinski definition) is 4.